The van der Waals surface area contributed by atoms with E-state index in [1.54, 1.807) is 6.08 Å². The van der Waals surface area contributed by atoms with Crippen LogP contribution in [0.25, 0.3) is 0 Å². The second kappa shape index (κ2) is 6.60. The van der Waals surface area contributed by atoms with Gasteiger partial charge in [-0.25, -0.2) is 0 Å². The molecular formula is C13H15Cl2NOS. The Kier molecular flexibility index (Phi) is 5.10. The molecule has 0 radical (unpaired) electrons. The number of rotatable bonds is 4. The maximum Gasteiger partial charge on any atom is 0.197 e. The Bertz CT molecular complexity index is 422. The van der Waals surface area contributed by atoms with Crippen molar-refractivity contribution in [2.75, 3.05) is 13.1 Å². The van der Waals surface area contributed by atoms with Crippen molar-refractivity contribution in [2.24, 2.45) is 0 Å². The molecule has 1 aromatic rings. The van der Waals surface area contributed by atoms with Gasteiger partial charge >= 0.3 is 0 Å². The van der Waals surface area contributed by atoms with Crippen LogP contribution in [0.5, 0.6) is 0 Å². The molecule has 0 unspecified atom stereocenters. The third-order valence-electron chi connectivity index (χ3n) is 2.99. The summed E-state index contributed by atoms with van der Waals surface area (Å²) in [6.45, 7) is 1.86. The minimum atomic E-state index is -0.646. The van der Waals surface area contributed by atoms with Crippen LogP contribution in [-0.4, -0.2) is 28.6 Å². The Balaban J connectivity index is 2.16. The first kappa shape index (κ1) is 13.9. The van der Waals surface area contributed by atoms with Crippen LogP contribution in [0.3, 0.4) is 0 Å². The molecule has 2 nitrogen and oxygen atoms in total. The topological polar surface area (TPSA) is 20.3 Å². The summed E-state index contributed by atoms with van der Waals surface area (Å²) in [6, 6.07) is 3.68. The normalized spacial score (nSPS) is 17.3. The van der Waals surface area contributed by atoms with Crippen LogP contribution in [0.4, 0.5) is 0 Å². The van der Waals surface area contributed by atoms with E-state index in [1.807, 2.05) is 17.5 Å². The van der Waals surface area contributed by atoms with E-state index in [-0.39, 0.29) is 5.78 Å². The van der Waals surface area contributed by atoms with Crippen molar-refractivity contribution in [1.82, 2.24) is 4.90 Å². The van der Waals surface area contributed by atoms with Gasteiger partial charge in [0.15, 0.2) is 5.78 Å². The molecule has 0 N–H and O–H groups in total. The van der Waals surface area contributed by atoms with Gasteiger partial charge in [0.1, 0.15) is 4.84 Å². The van der Waals surface area contributed by atoms with Crippen LogP contribution in [0.2, 0.25) is 0 Å². The average molecular weight is 304 g/mol. The number of carbonyl (C=O) groups excluding carboxylic acids is 1. The predicted octanol–water partition coefficient (Wildman–Crippen LogP) is 4.10. The fourth-order valence-corrected chi connectivity index (χ4v) is 3.11. The number of likely N-dealkylation sites (tertiary alicyclic amines) is 1. The zero-order valence-electron chi connectivity index (χ0n) is 9.94. The molecule has 0 aromatic carbocycles. The van der Waals surface area contributed by atoms with Crippen molar-refractivity contribution in [3.63, 3.8) is 0 Å². The summed E-state index contributed by atoms with van der Waals surface area (Å²) in [7, 11) is 0. The summed E-state index contributed by atoms with van der Waals surface area (Å²) in [5.41, 5.74) is 0.733. The highest BCUT2D eigenvalue weighted by Crippen LogP contribution is 2.24. The summed E-state index contributed by atoms with van der Waals surface area (Å²) >= 11 is 13.4. The molecule has 1 fully saturated rings. The van der Waals surface area contributed by atoms with Gasteiger partial charge in [0.05, 0.1) is 10.6 Å². The molecule has 0 amide bonds. The maximum absolute atomic E-state index is 12.1. The van der Waals surface area contributed by atoms with Gasteiger partial charge in [-0.15, -0.1) is 11.3 Å². The molecule has 0 spiro atoms. The molecule has 98 valence electrons. The number of thiophene rings is 1. The van der Waals surface area contributed by atoms with E-state index >= 15 is 0 Å². The first-order valence-electron chi connectivity index (χ1n) is 6.01. The fraction of sp³-hybridized carbons (Fsp3) is 0.462. The third kappa shape index (κ3) is 3.50. The molecule has 1 aliphatic rings. The molecule has 2 rings (SSSR count). The predicted molar refractivity (Wildman–Crippen MR) is 77.7 cm³/mol. The molecule has 0 saturated carbocycles. The Morgan fingerprint density at radius 3 is 2.61 bits per heavy atom. The Morgan fingerprint density at radius 2 is 2.06 bits per heavy atom. The monoisotopic (exact) mass is 303 g/mol. The Hall–Kier alpha value is -0.510. The quantitative estimate of drug-likeness (QED) is 0.474. The molecule has 0 atom stereocenters. The maximum atomic E-state index is 12.1. The minimum Gasteiger partial charge on any atom is -0.372 e. The van der Waals surface area contributed by atoms with Gasteiger partial charge in [0.25, 0.3) is 0 Å². The van der Waals surface area contributed by atoms with Crippen LogP contribution < -0.4 is 0 Å². The van der Waals surface area contributed by atoms with Crippen molar-refractivity contribution in [3.8, 4) is 0 Å². The Labute approximate surface area is 121 Å². The van der Waals surface area contributed by atoms with Crippen molar-refractivity contribution in [2.45, 2.75) is 24.1 Å². The number of halogens is 2. The van der Waals surface area contributed by atoms with E-state index in [0.29, 0.717) is 0 Å². The summed E-state index contributed by atoms with van der Waals surface area (Å²) in [6.07, 6.45) is 5.08. The highest BCUT2D eigenvalue weighted by molar-refractivity contribution is 7.12. The fourth-order valence-electron chi connectivity index (χ4n) is 2.07. The van der Waals surface area contributed by atoms with Gasteiger partial charge < -0.3 is 4.90 Å². The van der Waals surface area contributed by atoms with Crippen molar-refractivity contribution >= 4 is 40.3 Å². The molecule has 1 aliphatic heterocycles. The lowest BCUT2D eigenvalue weighted by atomic mass is 10.1. The van der Waals surface area contributed by atoms with Gasteiger partial charge in [0.2, 0.25) is 0 Å². The molecule has 5 heteroatoms. The SMILES string of the molecule is O=C(C=C(C(Cl)Cl)N1CCCCC1)c1cccs1. The number of piperidine rings is 1. The van der Waals surface area contributed by atoms with E-state index in [1.165, 1.54) is 17.8 Å². The number of alkyl halides is 2. The van der Waals surface area contributed by atoms with Gasteiger partial charge in [-0.2, -0.15) is 0 Å². The smallest absolute Gasteiger partial charge is 0.197 e. The molecule has 0 bridgehead atoms. The minimum absolute atomic E-state index is 0.0168. The number of hydrogen-bond donors (Lipinski definition) is 0. The molecular weight excluding hydrogens is 289 g/mol. The molecule has 0 aliphatic carbocycles. The van der Waals surface area contributed by atoms with Crippen LogP contribution in [0.1, 0.15) is 28.9 Å². The summed E-state index contributed by atoms with van der Waals surface area (Å²) in [5, 5.41) is 1.89. The summed E-state index contributed by atoms with van der Waals surface area (Å²) < 4.78 is 0. The second-order valence-electron chi connectivity index (χ2n) is 4.26. The van der Waals surface area contributed by atoms with E-state index in [9.17, 15) is 4.79 Å². The number of ketones is 1. The lowest BCUT2D eigenvalue weighted by Gasteiger charge is -2.31. The highest BCUT2D eigenvalue weighted by Gasteiger charge is 2.20. The summed E-state index contributed by atoms with van der Waals surface area (Å²) in [4.78, 5) is 14.3. The number of nitrogens with zero attached hydrogens (tertiary/aromatic N) is 1. The zero-order valence-corrected chi connectivity index (χ0v) is 12.3. The van der Waals surface area contributed by atoms with Crippen molar-refractivity contribution in [3.05, 3.63) is 34.2 Å². The van der Waals surface area contributed by atoms with E-state index in [0.717, 1.165) is 36.5 Å². The van der Waals surface area contributed by atoms with Gasteiger partial charge in [-0.1, -0.05) is 29.3 Å². The van der Waals surface area contributed by atoms with Gasteiger partial charge in [-0.3, -0.25) is 4.79 Å². The van der Waals surface area contributed by atoms with E-state index in [4.69, 9.17) is 23.2 Å². The number of hydrogen-bond acceptors (Lipinski definition) is 3. The van der Waals surface area contributed by atoms with Crippen molar-refractivity contribution < 1.29 is 4.79 Å². The second-order valence-corrected chi connectivity index (χ2v) is 6.30. The highest BCUT2D eigenvalue weighted by atomic mass is 35.5. The first-order valence-corrected chi connectivity index (χ1v) is 7.76. The molecule has 18 heavy (non-hydrogen) atoms. The largest absolute Gasteiger partial charge is 0.372 e. The standard InChI is InChI=1S/C13H15Cl2NOS/c14-13(15)10(16-6-2-1-3-7-16)9-11(17)12-5-4-8-18-12/h4-5,8-9,13H,1-3,6-7H2. The lowest BCUT2D eigenvalue weighted by molar-refractivity contribution is 0.104. The van der Waals surface area contributed by atoms with Gasteiger partial charge in [-0.05, 0) is 30.7 Å². The lowest BCUT2D eigenvalue weighted by Crippen LogP contribution is -2.32. The van der Waals surface area contributed by atoms with Crippen LogP contribution >= 0.6 is 34.5 Å². The molecule has 1 aromatic heterocycles. The van der Waals surface area contributed by atoms with Crippen LogP contribution in [0, 0.1) is 0 Å². The molecule has 2 heterocycles. The molecule has 1 saturated heterocycles. The van der Waals surface area contributed by atoms with Crippen LogP contribution in [-0.2, 0) is 0 Å². The number of carbonyl (C=O) groups is 1. The number of allylic oxidation sites excluding steroid dienone is 2. The van der Waals surface area contributed by atoms with Gasteiger partial charge in [0, 0.05) is 19.2 Å². The zero-order chi connectivity index (χ0) is 13.0. The average Bonchev–Trinajstić information content (AvgIpc) is 2.90. The third-order valence-corrected chi connectivity index (χ3v) is 4.32. The van der Waals surface area contributed by atoms with Crippen molar-refractivity contribution in [1.29, 1.82) is 0 Å². The Morgan fingerprint density at radius 1 is 1.33 bits per heavy atom. The summed E-state index contributed by atoms with van der Waals surface area (Å²) in [5.74, 6) is -0.0168. The van der Waals surface area contributed by atoms with E-state index < -0.39 is 4.84 Å². The first-order chi connectivity index (χ1) is 8.68. The van der Waals surface area contributed by atoms with E-state index in [2.05, 4.69) is 4.90 Å². The van der Waals surface area contributed by atoms with Crippen LogP contribution in [0.15, 0.2) is 29.3 Å².